The van der Waals surface area contributed by atoms with Crippen molar-refractivity contribution >= 4 is 76.2 Å². The minimum absolute atomic E-state index is 0.00488. The molecule has 31 heteroatoms. The minimum Gasteiger partial charge on any atom is -0.474 e. The van der Waals surface area contributed by atoms with Gasteiger partial charge in [0.1, 0.15) is 77.8 Å². The van der Waals surface area contributed by atoms with Gasteiger partial charge >= 0.3 is 12.2 Å². The zero-order valence-corrected chi connectivity index (χ0v) is 61.4. The second-order valence-corrected chi connectivity index (χ2v) is 36.4. The standard InChI is InChI=1S/C26H33FN4O5S.C25H31FN4O5S.C21H25FN4O3S/c1-15-23(30-22-10-9-20(13-21(22)27)37(33,34)19-7-8-19)28-14-29-24(15)35-18-11-16-5-6-17(12-18)31(16)25(32)36-26(2,3)4;1-14(2)34-25(31)30-16-4-5-17(30)11-18(10-16)35-24-15(3)23(27-13-28-24)29-22-9-8-20(12-21(22)26)36(32,33)19-6-7-19;1-12-20(23-11-24-21(12)29-15-8-13-2-3-14(9-15)25-13)26-19-7-6-17(10-18(19)22)30(27,28)16-4-5-16/h9-10,13-14,16-19H,5-8,11-12H2,1-4H3,(H,28,29,30);8-9,12-14,16-19H,4-7,10-11H2,1-3H3,(H,27,28,29);6-7,10-11,13-16,25H,2-5,8-9H2,1H3,(H,23,24,26)/t2*16-,17?,18?;13-,14?,15?/m000/s1. The molecule has 3 saturated carbocycles. The molecule has 9 fully saturated rings. The molecular formula is C72H89F3N12O13S3. The molecule has 0 radical (unpaired) electrons. The number of fused-ring (bicyclic) bond motifs is 6. The van der Waals surface area contributed by atoms with Gasteiger partial charge in [0.15, 0.2) is 29.5 Å². The number of rotatable bonds is 19. The van der Waals surface area contributed by atoms with Crippen LogP contribution in [0.25, 0.3) is 0 Å². The van der Waals surface area contributed by atoms with E-state index in [0.29, 0.717) is 128 Å². The van der Waals surface area contributed by atoms with E-state index in [9.17, 15) is 48.0 Å². The Morgan fingerprint density at radius 3 is 1.07 bits per heavy atom. The molecule has 2 amide bonds. The molecule has 3 aromatic heterocycles. The van der Waals surface area contributed by atoms with Crippen molar-refractivity contribution in [2.75, 3.05) is 16.0 Å². The Morgan fingerprint density at radius 2 is 0.777 bits per heavy atom. The predicted molar refractivity (Wildman–Crippen MR) is 376 cm³/mol. The Kier molecular flexibility index (Phi) is 20.9. The van der Waals surface area contributed by atoms with Gasteiger partial charge in [-0.05, 0) is 200 Å². The molecule has 6 bridgehead atoms. The lowest BCUT2D eigenvalue weighted by Crippen LogP contribution is -2.50. The molecule has 9 aliphatic rings. The molecule has 9 heterocycles. The first-order chi connectivity index (χ1) is 48.9. The number of benzene rings is 3. The van der Waals surface area contributed by atoms with Crippen LogP contribution in [0.3, 0.4) is 0 Å². The van der Waals surface area contributed by atoms with Crippen LogP contribution in [0.15, 0.2) is 88.3 Å². The lowest BCUT2D eigenvalue weighted by molar-refractivity contribution is -0.00777. The highest BCUT2D eigenvalue weighted by molar-refractivity contribution is 7.93. The molecule has 6 aliphatic heterocycles. The number of piperidine rings is 3. The Labute approximate surface area is 598 Å². The van der Waals surface area contributed by atoms with Crippen LogP contribution in [0.1, 0.15) is 167 Å². The third-order valence-electron chi connectivity index (χ3n) is 20.4. The summed E-state index contributed by atoms with van der Waals surface area (Å²) in [5.74, 6) is 0.480. The van der Waals surface area contributed by atoms with E-state index in [4.69, 9.17) is 23.7 Å². The van der Waals surface area contributed by atoms with Crippen LogP contribution in [0.4, 0.5) is 57.3 Å². The molecule has 6 unspecified atom stereocenters. The maximum atomic E-state index is 14.8. The molecule has 0 spiro atoms. The summed E-state index contributed by atoms with van der Waals surface area (Å²) in [6, 6.07) is 13.0. The number of aromatic nitrogens is 6. The Morgan fingerprint density at radius 1 is 0.466 bits per heavy atom. The number of halogens is 3. The number of nitrogens with one attached hydrogen (secondary N) is 4. The van der Waals surface area contributed by atoms with Crippen molar-refractivity contribution in [3.05, 3.63) is 108 Å². The molecular weight excluding hydrogens is 1390 g/mol. The molecule has 6 saturated heterocycles. The normalized spacial score (nSPS) is 24.3. The van der Waals surface area contributed by atoms with E-state index in [1.54, 1.807) is 13.8 Å². The van der Waals surface area contributed by atoms with Crippen molar-refractivity contribution in [3.63, 3.8) is 0 Å². The zero-order chi connectivity index (χ0) is 73.0. The van der Waals surface area contributed by atoms with E-state index in [0.717, 1.165) is 56.7 Å². The molecule has 9 atom stereocenters. The topological polar surface area (TPSA) is 315 Å². The Hall–Kier alpha value is -8.16. The van der Waals surface area contributed by atoms with Crippen molar-refractivity contribution < 1.29 is 71.7 Å². The van der Waals surface area contributed by atoms with E-state index in [1.165, 1.54) is 68.2 Å². The van der Waals surface area contributed by atoms with E-state index < -0.39 is 63.1 Å². The average molecular weight is 1480 g/mol. The monoisotopic (exact) mass is 1480 g/mol. The fourth-order valence-corrected chi connectivity index (χ4v) is 19.7. The number of carbonyl (C=O) groups is 2. The quantitative estimate of drug-likeness (QED) is 0.0585. The SMILES string of the molecule is Cc1c(Nc2ccc(S(=O)(=O)C3CC3)cc2F)ncnc1OC1CC2CC[C@@H](C1)N2.Cc1c(Nc2ccc(S(=O)(=O)C3CC3)cc2F)ncnc1OC1CC2CC[C@@H](C1)N2C(=O)OC(C)(C)C.Cc1c(Nc2ccc(S(=O)(=O)C3CC3)cc2F)ncnc1OC1CC2CC[C@@H](C1)N2C(=O)OC(C)C. The van der Waals surface area contributed by atoms with Crippen LogP contribution in [0, 0.1) is 38.2 Å². The van der Waals surface area contributed by atoms with Crippen molar-refractivity contribution in [3.8, 4) is 17.6 Å². The van der Waals surface area contributed by atoms with Crippen molar-refractivity contribution in [1.82, 2.24) is 45.0 Å². The summed E-state index contributed by atoms with van der Waals surface area (Å²) in [6.45, 7) is 14.7. The second-order valence-electron chi connectivity index (χ2n) is 29.8. The van der Waals surface area contributed by atoms with Gasteiger partial charge in [0, 0.05) is 61.9 Å². The van der Waals surface area contributed by atoms with Gasteiger partial charge in [-0.25, -0.2) is 77.9 Å². The third kappa shape index (κ3) is 16.7. The molecule has 103 heavy (non-hydrogen) atoms. The maximum absolute atomic E-state index is 14.8. The summed E-state index contributed by atoms with van der Waals surface area (Å²) < 4.78 is 148. The summed E-state index contributed by atoms with van der Waals surface area (Å²) in [7, 11) is -10.4. The smallest absolute Gasteiger partial charge is 0.410 e. The van der Waals surface area contributed by atoms with Crippen molar-refractivity contribution in [2.45, 2.75) is 268 Å². The fraction of sp³-hybridized carbons (Fsp3) is 0.556. The third-order valence-corrected chi connectivity index (χ3v) is 27.1. The van der Waals surface area contributed by atoms with Gasteiger partial charge in [-0.2, -0.15) is 0 Å². The van der Waals surface area contributed by atoms with E-state index in [2.05, 4.69) is 51.2 Å². The maximum Gasteiger partial charge on any atom is 0.410 e. The van der Waals surface area contributed by atoms with Gasteiger partial charge in [0.25, 0.3) is 0 Å². The number of amides is 2. The second kappa shape index (κ2) is 29.4. The highest BCUT2D eigenvalue weighted by Crippen LogP contribution is 2.43. The summed E-state index contributed by atoms with van der Waals surface area (Å²) in [5.41, 5.74) is 1.77. The molecule has 25 nitrogen and oxygen atoms in total. The number of anilines is 6. The van der Waals surface area contributed by atoms with Crippen LogP contribution >= 0.6 is 0 Å². The van der Waals surface area contributed by atoms with E-state index >= 15 is 0 Å². The molecule has 554 valence electrons. The molecule has 15 rings (SSSR count). The Bertz CT molecular complexity index is 4510. The van der Waals surface area contributed by atoms with Gasteiger partial charge in [-0.15, -0.1) is 0 Å². The van der Waals surface area contributed by atoms with E-state index in [1.807, 2.05) is 51.3 Å². The predicted octanol–water partition coefficient (Wildman–Crippen LogP) is 12.7. The first kappa shape index (κ1) is 73.2. The first-order valence-electron chi connectivity index (χ1n) is 35.6. The van der Waals surface area contributed by atoms with Gasteiger partial charge in [-0.3, -0.25) is 0 Å². The van der Waals surface area contributed by atoms with Crippen LogP contribution < -0.4 is 35.5 Å². The number of hydrogen-bond acceptors (Lipinski definition) is 23. The van der Waals surface area contributed by atoms with Gasteiger partial charge in [-0.1, -0.05) is 0 Å². The summed E-state index contributed by atoms with van der Waals surface area (Å²) in [6.07, 6.45) is 17.7. The lowest BCUT2D eigenvalue weighted by Gasteiger charge is -2.39. The van der Waals surface area contributed by atoms with Crippen LogP contribution in [0.5, 0.6) is 17.6 Å². The summed E-state index contributed by atoms with van der Waals surface area (Å²) in [4.78, 5) is 54.5. The van der Waals surface area contributed by atoms with Gasteiger partial charge in [0.2, 0.25) is 17.6 Å². The minimum atomic E-state index is -3.48. The number of hydrogen-bond donors (Lipinski definition) is 4. The zero-order valence-electron chi connectivity index (χ0n) is 58.9. The number of sulfone groups is 3. The lowest BCUT2D eigenvalue weighted by atomic mass is 10.00. The number of carbonyl (C=O) groups excluding carboxylic acids is 2. The molecule has 3 aliphatic carbocycles. The highest BCUT2D eigenvalue weighted by Gasteiger charge is 2.48. The van der Waals surface area contributed by atoms with Gasteiger partial charge in [0.05, 0.1) is 70.3 Å². The molecule has 3 aromatic carbocycles. The van der Waals surface area contributed by atoms with E-state index in [-0.39, 0.29) is 97.8 Å². The molecule has 6 aromatic rings. The average Bonchev–Trinajstić information content (AvgIpc) is 1.67. The first-order valence-corrected chi connectivity index (χ1v) is 40.2. The number of nitrogens with zero attached hydrogens (tertiary/aromatic N) is 8. The van der Waals surface area contributed by atoms with Crippen molar-refractivity contribution in [2.24, 2.45) is 0 Å². The Balaban J connectivity index is 0.000000138. The van der Waals surface area contributed by atoms with Gasteiger partial charge < -0.3 is 54.8 Å². The van der Waals surface area contributed by atoms with Crippen LogP contribution in [0.2, 0.25) is 0 Å². The van der Waals surface area contributed by atoms with Crippen LogP contribution in [-0.2, 0) is 39.0 Å². The summed E-state index contributed by atoms with van der Waals surface area (Å²) in [5, 5.41) is 11.3. The highest BCUT2D eigenvalue weighted by atomic mass is 32.2. The fourth-order valence-electron chi connectivity index (χ4n) is 14.6. The van der Waals surface area contributed by atoms with Crippen molar-refractivity contribution in [1.29, 1.82) is 0 Å². The van der Waals surface area contributed by atoms with Crippen LogP contribution in [-0.4, -0.2) is 159 Å². The number of ether oxygens (including phenoxy) is 5. The summed E-state index contributed by atoms with van der Waals surface area (Å²) >= 11 is 0. The molecule has 4 N–H and O–H groups in total. The largest absolute Gasteiger partial charge is 0.474 e.